The van der Waals surface area contributed by atoms with Crippen LogP contribution in [0.15, 0.2) is 6.20 Å². The van der Waals surface area contributed by atoms with Gasteiger partial charge in [-0.15, -0.1) is 6.42 Å². The molecule has 0 radical (unpaired) electrons. The molecule has 0 aromatic carbocycles. The van der Waals surface area contributed by atoms with E-state index >= 15 is 0 Å². The number of anilines is 1. The van der Waals surface area contributed by atoms with Gasteiger partial charge in [-0.25, -0.2) is 4.98 Å². The number of terminal acetylenes is 1. The molecule has 62 valence electrons. The Morgan fingerprint density at radius 1 is 1.58 bits per heavy atom. The van der Waals surface area contributed by atoms with Gasteiger partial charge in [0, 0.05) is 6.20 Å². The molecule has 1 aromatic heterocycles. The van der Waals surface area contributed by atoms with Gasteiger partial charge in [0.2, 0.25) is 0 Å². The maximum absolute atomic E-state index is 5.10. The Hall–Kier alpha value is -1.56. The van der Waals surface area contributed by atoms with E-state index in [4.69, 9.17) is 6.42 Å². The van der Waals surface area contributed by atoms with E-state index in [-0.39, 0.29) is 0 Å². The van der Waals surface area contributed by atoms with Crippen LogP contribution in [0.4, 0.5) is 5.82 Å². The first-order chi connectivity index (χ1) is 5.74. The van der Waals surface area contributed by atoms with Crippen LogP contribution in [-0.4, -0.2) is 16.5 Å². The SMILES string of the molecule is C#CCNc1nc(C)cnc1C. The zero-order valence-electron chi connectivity index (χ0n) is 7.26. The molecule has 0 aliphatic heterocycles. The summed E-state index contributed by atoms with van der Waals surface area (Å²) in [5.41, 5.74) is 1.76. The van der Waals surface area contributed by atoms with Crippen molar-refractivity contribution in [3.8, 4) is 12.3 Å². The average Bonchev–Trinajstić information content (AvgIpc) is 2.07. The molecule has 0 amide bonds. The largest absolute Gasteiger partial charge is 0.358 e. The molecule has 0 spiro atoms. The third-order valence-electron chi connectivity index (χ3n) is 1.43. The maximum atomic E-state index is 5.10. The molecule has 1 N–H and O–H groups in total. The number of nitrogens with zero attached hydrogens (tertiary/aromatic N) is 2. The lowest BCUT2D eigenvalue weighted by Crippen LogP contribution is -2.04. The van der Waals surface area contributed by atoms with Crippen molar-refractivity contribution in [2.75, 3.05) is 11.9 Å². The number of aromatic nitrogens is 2. The summed E-state index contributed by atoms with van der Waals surface area (Å²) >= 11 is 0. The van der Waals surface area contributed by atoms with Crippen molar-refractivity contribution in [2.24, 2.45) is 0 Å². The fraction of sp³-hybridized carbons (Fsp3) is 0.333. The van der Waals surface area contributed by atoms with E-state index in [1.165, 1.54) is 0 Å². The molecule has 1 heterocycles. The smallest absolute Gasteiger partial charge is 0.148 e. The maximum Gasteiger partial charge on any atom is 0.148 e. The quantitative estimate of drug-likeness (QED) is 0.661. The van der Waals surface area contributed by atoms with Crippen molar-refractivity contribution in [2.45, 2.75) is 13.8 Å². The highest BCUT2D eigenvalue weighted by molar-refractivity contribution is 5.40. The van der Waals surface area contributed by atoms with Gasteiger partial charge in [0.25, 0.3) is 0 Å². The van der Waals surface area contributed by atoms with E-state index < -0.39 is 0 Å². The van der Waals surface area contributed by atoms with Gasteiger partial charge in [-0.05, 0) is 13.8 Å². The standard InChI is InChI=1S/C9H11N3/c1-4-5-10-9-8(3)11-6-7(2)12-9/h1,6H,5H2,2-3H3,(H,10,12). The minimum atomic E-state index is 0.485. The van der Waals surface area contributed by atoms with Crippen molar-refractivity contribution in [1.82, 2.24) is 9.97 Å². The predicted octanol–water partition coefficient (Wildman–Crippen LogP) is 1.14. The van der Waals surface area contributed by atoms with Gasteiger partial charge >= 0.3 is 0 Å². The first-order valence-corrected chi connectivity index (χ1v) is 3.71. The summed E-state index contributed by atoms with van der Waals surface area (Å²) in [5.74, 6) is 3.26. The highest BCUT2D eigenvalue weighted by Crippen LogP contribution is 2.07. The zero-order valence-corrected chi connectivity index (χ0v) is 7.26. The summed E-state index contributed by atoms with van der Waals surface area (Å²) in [6.45, 7) is 4.28. The summed E-state index contributed by atoms with van der Waals surface area (Å²) in [4.78, 5) is 8.38. The molecule has 0 saturated carbocycles. The lowest BCUT2D eigenvalue weighted by molar-refractivity contribution is 1.05. The second-order valence-corrected chi connectivity index (χ2v) is 2.50. The van der Waals surface area contributed by atoms with Gasteiger partial charge < -0.3 is 5.32 Å². The molecular weight excluding hydrogens is 150 g/mol. The summed E-state index contributed by atoms with van der Waals surface area (Å²) in [5, 5.41) is 2.99. The Bertz CT molecular complexity index is 312. The molecule has 0 aliphatic carbocycles. The molecule has 0 saturated heterocycles. The van der Waals surface area contributed by atoms with Crippen LogP contribution in [0.5, 0.6) is 0 Å². The zero-order chi connectivity index (χ0) is 8.97. The van der Waals surface area contributed by atoms with E-state index in [0.29, 0.717) is 6.54 Å². The monoisotopic (exact) mass is 161 g/mol. The van der Waals surface area contributed by atoms with Gasteiger partial charge in [0.05, 0.1) is 17.9 Å². The van der Waals surface area contributed by atoms with Crippen LogP contribution in [0, 0.1) is 26.2 Å². The van der Waals surface area contributed by atoms with E-state index in [1.54, 1.807) is 6.20 Å². The molecule has 1 aromatic rings. The van der Waals surface area contributed by atoms with Crippen molar-refractivity contribution in [3.63, 3.8) is 0 Å². The third kappa shape index (κ3) is 1.96. The van der Waals surface area contributed by atoms with Gasteiger partial charge in [-0.1, -0.05) is 5.92 Å². The van der Waals surface area contributed by atoms with E-state index in [9.17, 15) is 0 Å². The minimum absolute atomic E-state index is 0.485. The van der Waals surface area contributed by atoms with Crippen LogP contribution in [0.3, 0.4) is 0 Å². The summed E-state index contributed by atoms with van der Waals surface area (Å²) in [6, 6.07) is 0. The number of hydrogen-bond acceptors (Lipinski definition) is 3. The van der Waals surface area contributed by atoms with E-state index in [0.717, 1.165) is 17.2 Å². The van der Waals surface area contributed by atoms with Crippen molar-refractivity contribution < 1.29 is 0 Å². The topological polar surface area (TPSA) is 37.8 Å². The summed E-state index contributed by atoms with van der Waals surface area (Å²) in [6.07, 6.45) is 6.84. The first kappa shape index (κ1) is 8.54. The fourth-order valence-corrected chi connectivity index (χ4v) is 0.840. The Balaban J connectivity index is 2.84. The average molecular weight is 161 g/mol. The van der Waals surface area contributed by atoms with Gasteiger partial charge in [0.1, 0.15) is 5.82 Å². The summed E-state index contributed by atoms with van der Waals surface area (Å²) in [7, 11) is 0. The second-order valence-electron chi connectivity index (χ2n) is 2.50. The summed E-state index contributed by atoms with van der Waals surface area (Å²) < 4.78 is 0. The van der Waals surface area contributed by atoms with Gasteiger partial charge in [-0.3, -0.25) is 4.98 Å². The van der Waals surface area contributed by atoms with Gasteiger partial charge in [0.15, 0.2) is 0 Å². The van der Waals surface area contributed by atoms with Gasteiger partial charge in [-0.2, -0.15) is 0 Å². The molecule has 0 atom stereocenters. The molecule has 3 nitrogen and oxygen atoms in total. The number of hydrogen-bond donors (Lipinski definition) is 1. The highest BCUT2D eigenvalue weighted by Gasteiger charge is 1.98. The minimum Gasteiger partial charge on any atom is -0.358 e. The van der Waals surface area contributed by atoms with Crippen LogP contribution >= 0.6 is 0 Å². The van der Waals surface area contributed by atoms with Crippen LogP contribution in [0.1, 0.15) is 11.4 Å². The van der Waals surface area contributed by atoms with Crippen molar-refractivity contribution in [1.29, 1.82) is 0 Å². The molecule has 0 bridgehead atoms. The van der Waals surface area contributed by atoms with Crippen molar-refractivity contribution >= 4 is 5.82 Å². The molecular formula is C9H11N3. The first-order valence-electron chi connectivity index (χ1n) is 3.71. The number of nitrogens with one attached hydrogen (secondary N) is 1. The number of aryl methyl sites for hydroxylation is 2. The third-order valence-corrected chi connectivity index (χ3v) is 1.43. The fourth-order valence-electron chi connectivity index (χ4n) is 0.840. The van der Waals surface area contributed by atoms with Crippen LogP contribution < -0.4 is 5.32 Å². The Morgan fingerprint density at radius 3 is 3.00 bits per heavy atom. The lowest BCUT2D eigenvalue weighted by atomic mass is 10.4. The van der Waals surface area contributed by atoms with E-state index in [1.807, 2.05) is 13.8 Å². The normalized spacial score (nSPS) is 9.08. The molecule has 0 fully saturated rings. The molecule has 0 unspecified atom stereocenters. The Morgan fingerprint density at radius 2 is 2.33 bits per heavy atom. The lowest BCUT2D eigenvalue weighted by Gasteiger charge is -2.04. The van der Waals surface area contributed by atoms with Crippen LogP contribution in [0.25, 0.3) is 0 Å². The van der Waals surface area contributed by atoms with Crippen LogP contribution in [-0.2, 0) is 0 Å². The molecule has 3 heteroatoms. The predicted molar refractivity (Wildman–Crippen MR) is 48.8 cm³/mol. The highest BCUT2D eigenvalue weighted by atomic mass is 15.0. The number of rotatable bonds is 2. The molecule has 0 aliphatic rings. The van der Waals surface area contributed by atoms with Crippen LogP contribution in [0.2, 0.25) is 0 Å². The Labute approximate surface area is 72.2 Å². The molecule has 12 heavy (non-hydrogen) atoms. The van der Waals surface area contributed by atoms with Crippen molar-refractivity contribution in [3.05, 3.63) is 17.6 Å². The van der Waals surface area contributed by atoms with E-state index in [2.05, 4.69) is 21.2 Å². The second kappa shape index (κ2) is 3.72. The molecule has 1 rings (SSSR count). The Kier molecular flexibility index (Phi) is 2.65.